The number of para-hydroxylation sites is 2. The molecular weight excluding hydrogens is 413 g/mol. The van der Waals surface area contributed by atoms with E-state index in [2.05, 4.69) is 114 Å². The highest BCUT2D eigenvalue weighted by Crippen LogP contribution is 2.43. The number of ether oxygens (including phenoxy) is 1. The third-order valence-electron chi connectivity index (χ3n) is 7.53. The predicted octanol–water partition coefficient (Wildman–Crippen LogP) is 5.66. The van der Waals surface area contributed by atoms with E-state index in [1.165, 1.54) is 50.0 Å². The molecule has 0 bridgehead atoms. The molecule has 0 radical (unpaired) electrons. The molecular formula is C31H20BNO. The lowest BCUT2D eigenvalue weighted by Gasteiger charge is -2.40. The van der Waals surface area contributed by atoms with Crippen LogP contribution in [0.2, 0.25) is 0 Å². The van der Waals surface area contributed by atoms with Crippen LogP contribution in [-0.4, -0.2) is 6.71 Å². The van der Waals surface area contributed by atoms with E-state index >= 15 is 0 Å². The van der Waals surface area contributed by atoms with Gasteiger partial charge in [-0.3, -0.25) is 0 Å². The Hall–Kier alpha value is -4.24. The number of anilines is 3. The number of hydrogen-bond acceptors (Lipinski definition) is 2. The van der Waals surface area contributed by atoms with Crippen LogP contribution in [0, 0.1) is 0 Å². The average Bonchev–Trinajstić information content (AvgIpc) is 3.25. The molecule has 0 fully saturated rings. The quantitative estimate of drug-likeness (QED) is 0.310. The fraction of sp³-hybridized carbons (Fsp3) is 0.0323. The lowest BCUT2D eigenvalue weighted by molar-refractivity contribution is 0.487. The van der Waals surface area contributed by atoms with Gasteiger partial charge in [0.15, 0.2) is 0 Å². The molecule has 34 heavy (non-hydrogen) atoms. The molecule has 1 aliphatic carbocycles. The molecule has 0 aromatic heterocycles. The summed E-state index contributed by atoms with van der Waals surface area (Å²) in [5.41, 5.74) is 12.9. The molecule has 2 nitrogen and oxygen atoms in total. The number of fused-ring (bicyclic) bond motifs is 7. The topological polar surface area (TPSA) is 12.5 Å². The largest absolute Gasteiger partial charge is 0.458 e. The maximum Gasteiger partial charge on any atom is 0.256 e. The van der Waals surface area contributed by atoms with Crippen molar-refractivity contribution in [2.75, 3.05) is 4.90 Å². The van der Waals surface area contributed by atoms with Gasteiger partial charge in [-0.25, -0.2) is 0 Å². The Bertz CT molecular complexity index is 1620. The van der Waals surface area contributed by atoms with Crippen LogP contribution in [-0.2, 0) is 6.42 Å². The Morgan fingerprint density at radius 1 is 0.588 bits per heavy atom. The molecule has 0 N–H and O–H groups in total. The minimum Gasteiger partial charge on any atom is -0.458 e. The maximum atomic E-state index is 6.64. The second-order valence-corrected chi connectivity index (χ2v) is 9.33. The second kappa shape index (κ2) is 6.65. The molecule has 5 aromatic carbocycles. The maximum absolute atomic E-state index is 6.64. The Morgan fingerprint density at radius 3 is 2.32 bits per heavy atom. The van der Waals surface area contributed by atoms with Crippen LogP contribution >= 0.6 is 0 Å². The summed E-state index contributed by atoms with van der Waals surface area (Å²) in [6.07, 6.45) is 0.984. The molecule has 158 valence electrons. The van der Waals surface area contributed by atoms with Crippen molar-refractivity contribution in [1.82, 2.24) is 0 Å². The van der Waals surface area contributed by atoms with Crippen molar-refractivity contribution in [3.05, 3.63) is 120 Å². The summed E-state index contributed by atoms with van der Waals surface area (Å²) in [6, 6.07) is 39.4. The van der Waals surface area contributed by atoms with E-state index < -0.39 is 0 Å². The lowest BCUT2D eigenvalue weighted by atomic mass is 9.34. The molecule has 3 aliphatic rings. The van der Waals surface area contributed by atoms with Crippen molar-refractivity contribution >= 4 is 40.2 Å². The predicted molar refractivity (Wildman–Crippen MR) is 141 cm³/mol. The van der Waals surface area contributed by atoms with Crippen molar-refractivity contribution in [1.29, 1.82) is 0 Å². The summed E-state index contributed by atoms with van der Waals surface area (Å²) < 4.78 is 6.64. The first-order valence-electron chi connectivity index (χ1n) is 11.9. The normalized spacial score (nSPS) is 13.9. The SMILES string of the molecule is c1ccc(N2c3ccccc3B3c4cc5c(cc4Oc4cccc2c43)-c2ccccc2C5)cc1. The van der Waals surface area contributed by atoms with Gasteiger partial charge >= 0.3 is 0 Å². The highest BCUT2D eigenvalue weighted by molar-refractivity contribution is 6.99. The molecule has 0 unspecified atom stereocenters. The van der Waals surface area contributed by atoms with Crippen LogP contribution in [0.1, 0.15) is 11.1 Å². The molecule has 5 aromatic rings. The highest BCUT2D eigenvalue weighted by Gasteiger charge is 2.42. The van der Waals surface area contributed by atoms with Crippen LogP contribution in [0.5, 0.6) is 11.5 Å². The monoisotopic (exact) mass is 433 g/mol. The third-order valence-corrected chi connectivity index (χ3v) is 7.53. The van der Waals surface area contributed by atoms with Gasteiger partial charge in [0.2, 0.25) is 0 Å². The lowest BCUT2D eigenvalue weighted by Crippen LogP contribution is -2.59. The van der Waals surface area contributed by atoms with E-state index in [0.29, 0.717) is 0 Å². The summed E-state index contributed by atoms with van der Waals surface area (Å²) in [6.45, 7) is 0.153. The Morgan fingerprint density at radius 2 is 1.38 bits per heavy atom. The fourth-order valence-electron chi connectivity index (χ4n) is 6.12. The highest BCUT2D eigenvalue weighted by atomic mass is 16.5. The van der Waals surface area contributed by atoms with Gasteiger partial charge in [-0.2, -0.15) is 0 Å². The molecule has 0 saturated heterocycles. The molecule has 0 atom stereocenters. The minimum absolute atomic E-state index is 0.153. The van der Waals surface area contributed by atoms with E-state index in [9.17, 15) is 0 Å². The average molecular weight is 433 g/mol. The van der Waals surface area contributed by atoms with Gasteiger partial charge in [0.25, 0.3) is 6.71 Å². The molecule has 2 heterocycles. The van der Waals surface area contributed by atoms with Crippen LogP contribution in [0.4, 0.5) is 17.1 Å². The van der Waals surface area contributed by atoms with Crippen LogP contribution in [0.15, 0.2) is 109 Å². The molecule has 0 spiro atoms. The van der Waals surface area contributed by atoms with Gasteiger partial charge in [-0.15, -0.1) is 0 Å². The smallest absolute Gasteiger partial charge is 0.256 e. The number of rotatable bonds is 1. The van der Waals surface area contributed by atoms with Gasteiger partial charge in [-0.1, -0.05) is 72.8 Å². The fourth-order valence-corrected chi connectivity index (χ4v) is 6.12. The van der Waals surface area contributed by atoms with Crippen molar-refractivity contribution in [3.8, 4) is 22.6 Å². The summed E-state index contributed by atoms with van der Waals surface area (Å²) in [7, 11) is 0. The zero-order chi connectivity index (χ0) is 22.2. The zero-order valence-corrected chi connectivity index (χ0v) is 18.5. The van der Waals surface area contributed by atoms with E-state index in [-0.39, 0.29) is 6.71 Å². The second-order valence-electron chi connectivity index (χ2n) is 9.33. The zero-order valence-electron chi connectivity index (χ0n) is 18.5. The standard InChI is InChI=1S/C31H20BNO/c1-2-10-22(11-3-1)33-27-14-7-6-13-25(27)32-26-18-21-17-20-9-4-5-12-23(20)24(21)19-30(26)34-29-16-8-15-28(33)31(29)32/h1-16,18-19H,17H2. The Labute approximate surface area is 199 Å². The summed E-state index contributed by atoms with van der Waals surface area (Å²) in [4.78, 5) is 2.38. The van der Waals surface area contributed by atoms with Gasteiger partial charge in [0, 0.05) is 17.1 Å². The third kappa shape index (κ3) is 2.36. The van der Waals surface area contributed by atoms with Gasteiger partial charge in [0.05, 0.1) is 0 Å². The van der Waals surface area contributed by atoms with E-state index in [1.807, 2.05) is 0 Å². The summed E-state index contributed by atoms with van der Waals surface area (Å²) in [5, 5.41) is 0. The van der Waals surface area contributed by atoms with Gasteiger partial charge < -0.3 is 9.64 Å². The van der Waals surface area contributed by atoms with Gasteiger partial charge in [-0.05, 0) is 81.5 Å². The van der Waals surface area contributed by atoms with Crippen LogP contribution < -0.4 is 26.0 Å². The van der Waals surface area contributed by atoms with Gasteiger partial charge in [0.1, 0.15) is 11.5 Å². The minimum atomic E-state index is 0.153. The number of benzene rings is 5. The molecule has 8 rings (SSSR count). The van der Waals surface area contributed by atoms with Crippen molar-refractivity contribution in [2.24, 2.45) is 0 Å². The molecule has 0 saturated carbocycles. The van der Waals surface area contributed by atoms with E-state index in [4.69, 9.17) is 4.74 Å². The first-order chi connectivity index (χ1) is 16.9. The van der Waals surface area contributed by atoms with Crippen molar-refractivity contribution < 1.29 is 4.74 Å². The Kier molecular flexibility index (Phi) is 3.56. The van der Waals surface area contributed by atoms with E-state index in [0.717, 1.165) is 23.6 Å². The number of nitrogens with zero attached hydrogens (tertiary/aromatic N) is 1. The summed E-state index contributed by atoms with van der Waals surface area (Å²) >= 11 is 0. The molecule has 0 amide bonds. The van der Waals surface area contributed by atoms with Crippen LogP contribution in [0.3, 0.4) is 0 Å². The van der Waals surface area contributed by atoms with Crippen molar-refractivity contribution in [2.45, 2.75) is 6.42 Å². The van der Waals surface area contributed by atoms with E-state index in [1.54, 1.807) is 0 Å². The molecule has 2 aliphatic heterocycles. The summed E-state index contributed by atoms with van der Waals surface area (Å²) in [5.74, 6) is 1.93. The first kappa shape index (κ1) is 18.2. The first-order valence-corrected chi connectivity index (χ1v) is 11.9. The van der Waals surface area contributed by atoms with Crippen molar-refractivity contribution in [3.63, 3.8) is 0 Å². The Balaban J connectivity index is 1.39. The molecule has 3 heteroatoms. The van der Waals surface area contributed by atoms with Crippen LogP contribution in [0.25, 0.3) is 11.1 Å². The number of hydrogen-bond donors (Lipinski definition) is 0.